The Bertz CT molecular complexity index is 292. The van der Waals surface area contributed by atoms with Gasteiger partial charge in [0.2, 0.25) is 0 Å². The molecule has 1 nitrogen and oxygen atoms in total. The Morgan fingerprint density at radius 2 is 2.36 bits per heavy atom. The summed E-state index contributed by atoms with van der Waals surface area (Å²) < 4.78 is 0. The Labute approximate surface area is 74.3 Å². The number of halogens is 1. The third-order valence-corrected chi connectivity index (χ3v) is 1.45. The number of pyridine rings is 1. The van der Waals surface area contributed by atoms with Crippen LogP contribution in [-0.4, -0.2) is 4.98 Å². The smallest absolute Gasteiger partial charge is 0.0635 e. The first kappa shape index (κ1) is 8.03. The molecule has 0 amide bonds. The topological polar surface area (TPSA) is 12.9 Å². The lowest BCUT2D eigenvalue weighted by Gasteiger charge is -1.90. The minimum Gasteiger partial charge on any atom is -0.256 e. The van der Waals surface area contributed by atoms with E-state index in [-0.39, 0.29) is 0 Å². The van der Waals surface area contributed by atoms with Crippen LogP contribution in [0, 0.1) is 12.3 Å². The van der Waals surface area contributed by atoms with E-state index < -0.39 is 0 Å². The van der Waals surface area contributed by atoms with Gasteiger partial charge in [0.05, 0.1) is 5.69 Å². The molecule has 1 aromatic heterocycles. The van der Waals surface area contributed by atoms with Crippen LogP contribution in [0.5, 0.6) is 0 Å². The second-order valence-electron chi connectivity index (χ2n) is 1.91. The number of hydrogen-bond donors (Lipinski definition) is 0. The summed E-state index contributed by atoms with van der Waals surface area (Å²) in [4.78, 5) is 5.83. The van der Waals surface area contributed by atoms with Crippen molar-refractivity contribution in [3.63, 3.8) is 0 Å². The van der Waals surface area contributed by atoms with Gasteiger partial charge in [-0.3, -0.25) is 4.98 Å². The van der Waals surface area contributed by atoms with E-state index in [4.69, 9.17) is 6.42 Å². The van der Waals surface area contributed by atoms with Crippen molar-refractivity contribution in [1.29, 1.82) is 0 Å². The maximum atomic E-state index is 5.16. The standard InChI is InChI=1S/C9H6BrN/c1-2-8-3-4-9(5-6-10)11-7-8/h1,3-7H. The van der Waals surface area contributed by atoms with Crippen molar-refractivity contribution in [3.8, 4) is 12.3 Å². The maximum Gasteiger partial charge on any atom is 0.0635 e. The molecule has 0 aromatic carbocycles. The first-order valence-corrected chi connectivity index (χ1v) is 3.98. The number of terminal acetylenes is 1. The molecular weight excluding hydrogens is 202 g/mol. The fraction of sp³-hybridized carbons (Fsp3) is 0. The summed E-state index contributed by atoms with van der Waals surface area (Å²) in [6.45, 7) is 0. The molecule has 0 aliphatic rings. The van der Waals surface area contributed by atoms with Gasteiger partial charge in [-0.15, -0.1) is 6.42 Å². The fourth-order valence-electron chi connectivity index (χ4n) is 0.654. The highest BCUT2D eigenvalue weighted by atomic mass is 79.9. The second kappa shape index (κ2) is 3.95. The molecule has 0 aliphatic carbocycles. The average molecular weight is 208 g/mol. The van der Waals surface area contributed by atoms with Crippen molar-refractivity contribution in [2.45, 2.75) is 0 Å². The van der Waals surface area contributed by atoms with Crippen molar-refractivity contribution in [2.24, 2.45) is 0 Å². The Kier molecular flexibility index (Phi) is 2.88. The normalized spacial score (nSPS) is 9.82. The number of rotatable bonds is 1. The summed E-state index contributed by atoms with van der Waals surface area (Å²) in [6, 6.07) is 3.72. The van der Waals surface area contributed by atoms with E-state index in [1.165, 1.54) is 0 Å². The molecule has 0 unspecified atom stereocenters. The zero-order valence-electron chi connectivity index (χ0n) is 5.79. The van der Waals surface area contributed by atoms with Gasteiger partial charge >= 0.3 is 0 Å². The molecule has 0 spiro atoms. The molecule has 0 aliphatic heterocycles. The average Bonchev–Trinajstić information content (AvgIpc) is 2.07. The molecule has 0 saturated carbocycles. The van der Waals surface area contributed by atoms with Crippen LogP contribution in [-0.2, 0) is 0 Å². The van der Waals surface area contributed by atoms with Gasteiger partial charge in [0.25, 0.3) is 0 Å². The second-order valence-corrected chi connectivity index (χ2v) is 2.44. The molecule has 11 heavy (non-hydrogen) atoms. The third-order valence-electron chi connectivity index (χ3n) is 1.19. The first-order chi connectivity index (χ1) is 5.36. The number of hydrogen-bond acceptors (Lipinski definition) is 1. The quantitative estimate of drug-likeness (QED) is 0.646. The molecule has 0 fully saturated rings. The molecule has 2 heteroatoms. The predicted octanol–water partition coefficient (Wildman–Crippen LogP) is 2.43. The highest BCUT2D eigenvalue weighted by Crippen LogP contribution is 2.01. The summed E-state index contributed by atoms with van der Waals surface area (Å²) in [5, 5.41) is 0. The SMILES string of the molecule is C#Cc1ccc(C=CBr)nc1. The van der Waals surface area contributed by atoms with Crippen LogP contribution in [0.3, 0.4) is 0 Å². The van der Waals surface area contributed by atoms with E-state index in [0.717, 1.165) is 11.3 Å². The Morgan fingerprint density at radius 1 is 1.55 bits per heavy atom. The largest absolute Gasteiger partial charge is 0.256 e. The molecule has 1 aromatic rings. The molecule has 0 saturated heterocycles. The highest BCUT2D eigenvalue weighted by Gasteiger charge is 1.87. The number of nitrogens with zero attached hydrogens (tertiary/aromatic N) is 1. The van der Waals surface area contributed by atoms with Gasteiger partial charge in [-0.25, -0.2) is 0 Å². The minimum atomic E-state index is 0.803. The lowest BCUT2D eigenvalue weighted by molar-refractivity contribution is 1.28. The van der Waals surface area contributed by atoms with E-state index in [0.29, 0.717) is 0 Å². The lowest BCUT2D eigenvalue weighted by Crippen LogP contribution is -1.80. The van der Waals surface area contributed by atoms with Crippen molar-refractivity contribution in [1.82, 2.24) is 4.98 Å². The molecule has 0 N–H and O–H groups in total. The third kappa shape index (κ3) is 2.21. The summed E-state index contributed by atoms with van der Waals surface area (Å²) >= 11 is 3.16. The van der Waals surface area contributed by atoms with Gasteiger partial charge in [-0.2, -0.15) is 0 Å². The van der Waals surface area contributed by atoms with Crippen molar-refractivity contribution >= 4 is 22.0 Å². The van der Waals surface area contributed by atoms with Gasteiger partial charge < -0.3 is 0 Å². The summed E-state index contributed by atoms with van der Waals surface area (Å²) in [5.41, 5.74) is 1.69. The van der Waals surface area contributed by atoms with Gasteiger partial charge in [0.15, 0.2) is 0 Å². The molecular formula is C9H6BrN. The van der Waals surface area contributed by atoms with Crippen LogP contribution in [0.4, 0.5) is 0 Å². The lowest BCUT2D eigenvalue weighted by atomic mass is 10.2. The van der Waals surface area contributed by atoms with Crippen LogP contribution in [0.1, 0.15) is 11.3 Å². The van der Waals surface area contributed by atoms with Crippen LogP contribution in [0.15, 0.2) is 23.3 Å². The Morgan fingerprint density at radius 3 is 2.82 bits per heavy atom. The van der Waals surface area contributed by atoms with E-state index in [9.17, 15) is 0 Å². The van der Waals surface area contributed by atoms with Gasteiger partial charge in [0, 0.05) is 11.8 Å². The summed E-state index contributed by atoms with van der Waals surface area (Å²) in [7, 11) is 0. The maximum absolute atomic E-state index is 5.16. The zero-order valence-corrected chi connectivity index (χ0v) is 7.38. The zero-order chi connectivity index (χ0) is 8.10. The van der Waals surface area contributed by atoms with E-state index in [1.54, 1.807) is 11.2 Å². The van der Waals surface area contributed by atoms with Gasteiger partial charge in [-0.1, -0.05) is 21.9 Å². The highest BCUT2D eigenvalue weighted by molar-refractivity contribution is 9.11. The fourth-order valence-corrected chi connectivity index (χ4v) is 0.925. The Hall–Kier alpha value is -1.07. The van der Waals surface area contributed by atoms with Gasteiger partial charge in [0.1, 0.15) is 0 Å². The predicted molar refractivity (Wildman–Crippen MR) is 50.1 cm³/mol. The summed E-state index contributed by atoms with van der Waals surface area (Å²) in [5.74, 6) is 2.50. The first-order valence-electron chi connectivity index (χ1n) is 3.06. The van der Waals surface area contributed by atoms with Gasteiger partial charge in [-0.05, 0) is 23.2 Å². The molecule has 1 heterocycles. The van der Waals surface area contributed by atoms with E-state index in [2.05, 4.69) is 26.8 Å². The summed E-state index contributed by atoms with van der Waals surface area (Å²) in [6.07, 6.45) is 8.67. The van der Waals surface area contributed by atoms with Crippen LogP contribution in [0.25, 0.3) is 6.08 Å². The minimum absolute atomic E-state index is 0.803. The van der Waals surface area contributed by atoms with Crippen molar-refractivity contribution < 1.29 is 0 Å². The molecule has 0 radical (unpaired) electrons. The molecule has 1 rings (SSSR count). The molecule has 0 bridgehead atoms. The molecule has 0 atom stereocenters. The van der Waals surface area contributed by atoms with Crippen molar-refractivity contribution in [3.05, 3.63) is 34.6 Å². The van der Waals surface area contributed by atoms with Crippen molar-refractivity contribution in [2.75, 3.05) is 0 Å². The molecule has 54 valence electrons. The van der Waals surface area contributed by atoms with Crippen LogP contribution in [0.2, 0.25) is 0 Å². The Balaban J connectivity index is 2.94. The number of aromatic nitrogens is 1. The monoisotopic (exact) mass is 207 g/mol. The van der Waals surface area contributed by atoms with E-state index in [1.807, 2.05) is 18.2 Å². The van der Waals surface area contributed by atoms with Crippen LogP contribution < -0.4 is 0 Å². The van der Waals surface area contributed by atoms with Crippen LogP contribution >= 0.6 is 15.9 Å². The van der Waals surface area contributed by atoms with E-state index >= 15 is 0 Å².